The van der Waals surface area contributed by atoms with E-state index in [9.17, 15) is 9.18 Å². The Hall–Kier alpha value is -3.26. The van der Waals surface area contributed by atoms with Crippen molar-refractivity contribution in [1.82, 2.24) is 9.97 Å². The lowest BCUT2D eigenvalue weighted by Crippen LogP contribution is -2.30. The number of hydrogen-bond donors (Lipinski definition) is 1. The van der Waals surface area contributed by atoms with E-state index in [0.29, 0.717) is 35.1 Å². The number of halogens is 1. The normalized spacial score (nSPS) is 27.2. The number of fused-ring (bicyclic) bond motifs is 2. The van der Waals surface area contributed by atoms with Crippen LogP contribution in [0.15, 0.2) is 48.8 Å². The summed E-state index contributed by atoms with van der Waals surface area (Å²) in [6, 6.07) is 10.5. The number of rotatable bonds is 4. The Bertz CT molecular complexity index is 1260. The van der Waals surface area contributed by atoms with Crippen molar-refractivity contribution < 1.29 is 9.18 Å². The highest BCUT2D eigenvalue weighted by Crippen LogP contribution is 2.63. The fraction of sp³-hybridized carbons (Fsp3) is 0.393. The van der Waals surface area contributed by atoms with Gasteiger partial charge in [0.05, 0.1) is 22.8 Å². The maximum absolute atomic E-state index is 13.9. The Morgan fingerprint density at radius 2 is 1.85 bits per heavy atom. The van der Waals surface area contributed by atoms with Crippen molar-refractivity contribution in [3.05, 3.63) is 65.9 Å². The highest BCUT2D eigenvalue weighted by molar-refractivity contribution is 5.97. The number of carbonyl (C=O) groups is 1. The average molecular weight is 440 g/mol. The van der Waals surface area contributed by atoms with Crippen molar-refractivity contribution in [3.8, 4) is 12.3 Å². The molecule has 1 N–H and O–H groups in total. The molecular weight excluding hydrogens is 413 g/mol. The second-order valence-corrected chi connectivity index (χ2v) is 10.1. The number of pyridine rings is 2. The summed E-state index contributed by atoms with van der Waals surface area (Å²) in [5.74, 6) is 4.59. The average Bonchev–Trinajstić information content (AvgIpc) is 3.40. The van der Waals surface area contributed by atoms with Gasteiger partial charge in [0.2, 0.25) is 5.91 Å². The van der Waals surface area contributed by atoms with Gasteiger partial charge in [-0.1, -0.05) is 5.92 Å². The molecule has 4 atom stereocenters. The maximum Gasteiger partial charge on any atom is 0.230 e. The van der Waals surface area contributed by atoms with Crippen LogP contribution in [0.1, 0.15) is 55.7 Å². The van der Waals surface area contributed by atoms with Crippen LogP contribution in [-0.2, 0) is 4.79 Å². The third-order valence-electron chi connectivity index (χ3n) is 8.38. The number of hydrogen-bond acceptors (Lipinski definition) is 3. The van der Waals surface area contributed by atoms with Crippen LogP contribution >= 0.6 is 0 Å². The summed E-state index contributed by atoms with van der Waals surface area (Å²) in [7, 11) is 0. The molecule has 0 aliphatic heterocycles. The summed E-state index contributed by atoms with van der Waals surface area (Å²) in [5.41, 5.74) is 3.14. The molecule has 1 aromatic carbocycles. The number of terminal acetylenes is 1. The van der Waals surface area contributed by atoms with Crippen molar-refractivity contribution in [2.45, 2.75) is 44.4 Å². The molecule has 3 aromatic rings. The van der Waals surface area contributed by atoms with Crippen molar-refractivity contribution >= 4 is 22.5 Å². The van der Waals surface area contributed by atoms with Gasteiger partial charge in [-0.15, -0.1) is 6.42 Å². The molecule has 166 valence electrons. The molecule has 3 aliphatic rings. The van der Waals surface area contributed by atoms with Crippen molar-refractivity contribution in [2.75, 3.05) is 5.32 Å². The minimum atomic E-state index is -0.225. The van der Waals surface area contributed by atoms with E-state index in [2.05, 4.69) is 27.3 Å². The van der Waals surface area contributed by atoms with Crippen LogP contribution in [0.2, 0.25) is 0 Å². The molecule has 3 fully saturated rings. The summed E-state index contributed by atoms with van der Waals surface area (Å²) in [4.78, 5) is 21.8. The maximum atomic E-state index is 13.9. The lowest BCUT2D eigenvalue weighted by molar-refractivity contribution is -0.123. The van der Waals surface area contributed by atoms with Crippen LogP contribution in [0.5, 0.6) is 0 Å². The van der Waals surface area contributed by atoms with Gasteiger partial charge in [-0.3, -0.25) is 9.78 Å². The van der Waals surface area contributed by atoms with E-state index in [-0.39, 0.29) is 17.1 Å². The molecule has 3 saturated carbocycles. The van der Waals surface area contributed by atoms with Crippen molar-refractivity contribution in [2.24, 2.45) is 23.2 Å². The van der Waals surface area contributed by atoms with Gasteiger partial charge >= 0.3 is 0 Å². The number of nitrogens with one attached hydrogen (secondary N) is 1. The summed E-state index contributed by atoms with van der Waals surface area (Å²) in [6.07, 6.45) is 15.2. The predicted molar refractivity (Wildman–Crippen MR) is 126 cm³/mol. The zero-order chi connectivity index (χ0) is 22.6. The Balaban J connectivity index is 1.15. The fourth-order valence-electron chi connectivity index (χ4n) is 6.58. The molecular formula is C28H26FN3O. The van der Waals surface area contributed by atoms with Gasteiger partial charge < -0.3 is 5.32 Å². The van der Waals surface area contributed by atoms with Gasteiger partial charge in [0, 0.05) is 11.6 Å². The van der Waals surface area contributed by atoms with Gasteiger partial charge in [0.25, 0.3) is 0 Å². The van der Waals surface area contributed by atoms with E-state index >= 15 is 0 Å². The van der Waals surface area contributed by atoms with Gasteiger partial charge in [-0.25, -0.2) is 9.37 Å². The number of benzene rings is 1. The quantitative estimate of drug-likeness (QED) is 0.532. The van der Waals surface area contributed by atoms with Crippen molar-refractivity contribution in [1.29, 1.82) is 0 Å². The monoisotopic (exact) mass is 439 g/mol. The van der Waals surface area contributed by atoms with E-state index < -0.39 is 0 Å². The van der Waals surface area contributed by atoms with Crippen LogP contribution in [0, 0.1) is 41.3 Å². The van der Waals surface area contributed by atoms with Gasteiger partial charge in [0.1, 0.15) is 11.5 Å². The minimum Gasteiger partial charge on any atom is -0.324 e. The molecule has 3 aliphatic carbocycles. The van der Waals surface area contributed by atoms with E-state index in [1.54, 1.807) is 24.4 Å². The number of amides is 1. The Kier molecular flexibility index (Phi) is 4.72. The predicted octanol–water partition coefficient (Wildman–Crippen LogP) is 5.69. The molecule has 0 unspecified atom stereocenters. The van der Waals surface area contributed by atoms with Gasteiger partial charge in [-0.05, 0) is 104 Å². The lowest BCUT2D eigenvalue weighted by Gasteiger charge is -2.24. The van der Waals surface area contributed by atoms with Crippen LogP contribution in [0.4, 0.5) is 10.1 Å². The van der Waals surface area contributed by atoms with Gasteiger partial charge in [-0.2, -0.15) is 0 Å². The Labute approximate surface area is 193 Å². The van der Waals surface area contributed by atoms with E-state index in [0.717, 1.165) is 49.4 Å². The van der Waals surface area contributed by atoms with Crippen LogP contribution in [-0.4, -0.2) is 15.9 Å². The first-order chi connectivity index (χ1) is 16.1. The molecule has 6 rings (SSSR count). The number of aromatic nitrogens is 2. The van der Waals surface area contributed by atoms with Crippen LogP contribution < -0.4 is 5.32 Å². The standard InChI is InChI=1S/C28H26FN3O/c1-2-22-4-5-23(16-31-22)32-27(33)28(8-9-28)20-13-17-11-19(12-18(17)14-20)24-7-10-30-26-6-3-21(29)15-25(24)26/h1,3-7,10,15-20H,8-9,11-14H2,(H,32,33)/t17-,18+,19-,20+. The SMILES string of the molecule is C#Cc1ccc(NC(=O)C2([C@H]3C[C@H]4C[C@@H](c5ccnc6ccc(F)cc56)C[C@H]4C3)CC2)cn1. The fourth-order valence-corrected chi connectivity index (χ4v) is 6.58. The third kappa shape index (κ3) is 3.49. The molecule has 2 aromatic heterocycles. The largest absolute Gasteiger partial charge is 0.324 e. The molecule has 2 heterocycles. The van der Waals surface area contributed by atoms with E-state index in [1.807, 2.05) is 12.3 Å². The van der Waals surface area contributed by atoms with Crippen LogP contribution in [0.25, 0.3) is 10.9 Å². The Morgan fingerprint density at radius 1 is 1.06 bits per heavy atom. The first-order valence-electron chi connectivity index (χ1n) is 11.8. The molecule has 1 amide bonds. The molecule has 0 spiro atoms. The molecule has 0 saturated heterocycles. The third-order valence-corrected chi connectivity index (χ3v) is 8.38. The topological polar surface area (TPSA) is 54.9 Å². The highest BCUT2D eigenvalue weighted by atomic mass is 19.1. The first kappa shape index (κ1) is 20.4. The lowest BCUT2D eigenvalue weighted by atomic mass is 9.82. The summed E-state index contributed by atoms with van der Waals surface area (Å²) in [6.45, 7) is 0. The first-order valence-corrected chi connectivity index (χ1v) is 11.8. The Morgan fingerprint density at radius 3 is 2.52 bits per heavy atom. The summed E-state index contributed by atoms with van der Waals surface area (Å²) in [5, 5.41) is 4.03. The van der Waals surface area contributed by atoms with Crippen molar-refractivity contribution in [3.63, 3.8) is 0 Å². The number of anilines is 1. The van der Waals surface area contributed by atoms with E-state index in [4.69, 9.17) is 6.42 Å². The minimum absolute atomic E-state index is 0.134. The zero-order valence-corrected chi connectivity index (χ0v) is 18.4. The molecule has 0 bridgehead atoms. The highest BCUT2D eigenvalue weighted by Gasteiger charge is 2.59. The number of carbonyl (C=O) groups excluding carboxylic acids is 1. The molecule has 5 heteroatoms. The van der Waals surface area contributed by atoms with Gasteiger partial charge in [0.15, 0.2) is 0 Å². The number of nitrogens with zero attached hydrogens (tertiary/aromatic N) is 2. The smallest absolute Gasteiger partial charge is 0.230 e. The summed E-state index contributed by atoms with van der Waals surface area (Å²) < 4.78 is 13.9. The molecule has 33 heavy (non-hydrogen) atoms. The second kappa shape index (κ2) is 7.66. The molecule has 0 radical (unpaired) electrons. The van der Waals surface area contributed by atoms with Crippen LogP contribution in [0.3, 0.4) is 0 Å². The molecule has 4 nitrogen and oxygen atoms in total. The summed E-state index contributed by atoms with van der Waals surface area (Å²) >= 11 is 0. The zero-order valence-electron chi connectivity index (χ0n) is 18.4. The van der Waals surface area contributed by atoms with E-state index in [1.165, 1.54) is 11.6 Å². The second-order valence-electron chi connectivity index (χ2n) is 10.1.